The first kappa shape index (κ1) is 9.01. The molecule has 0 aromatic rings. The molecule has 1 saturated carbocycles. The predicted molar refractivity (Wildman–Crippen MR) is 48.5 cm³/mol. The fraction of sp³-hybridized carbons (Fsp3) is 1.00. The molecule has 0 unspecified atom stereocenters. The van der Waals surface area contributed by atoms with Crippen LogP contribution in [-0.2, 0) is 0 Å². The number of nitrogens with one attached hydrogen (secondary N) is 1. The smallest absolute Gasteiger partial charge is 0.0475 e. The first-order valence-electron chi connectivity index (χ1n) is 4.66. The molecule has 1 N–H and O–H groups in total. The van der Waals surface area contributed by atoms with Crippen molar-refractivity contribution in [1.29, 1.82) is 0 Å². The maximum Gasteiger partial charge on any atom is 0.0475 e. The van der Waals surface area contributed by atoms with Gasteiger partial charge in [-0.05, 0) is 33.0 Å². The van der Waals surface area contributed by atoms with E-state index in [1.54, 1.807) is 0 Å². The van der Waals surface area contributed by atoms with Gasteiger partial charge in [-0.2, -0.15) is 0 Å². The summed E-state index contributed by atoms with van der Waals surface area (Å²) in [6, 6.07) is 0. The Kier molecular flexibility index (Phi) is 3.87. The lowest BCUT2D eigenvalue weighted by molar-refractivity contribution is 0.233. The minimum atomic E-state index is 1.02. The molecule has 11 heavy (non-hydrogen) atoms. The van der Waals surface area contributed by atoms with Crippen LogP contribution < -0.4 is 5.32 Å². The summed E-state index contributed by atoms with van der Waals surface area (Å²) in [4.78, 5) is 2.35. The van der Waals surface area contributed by atoms with Gasteiger partial charge in [0.15, 0.2) is 0 Å². The molecule has 2 nitrogen and oxygen atoms in total. The first-order valence-corrected chi connectivity index (χ1v) is 4.66. The van der Waals surface area contributed by atoms with E-state index in [2.05, 4.69) is 17.3 Å². The minimum Gasteiger partial charge on any atom is -0.307 e. The Labute approximate surface area is 70.0 Å². The number of hydrogen-bond acceptors (Lipinski definition) is 2. The van der Waals surface area contributed by atoms with E-state index in [1.807, 2.05) is 7.05 Å². The molecule has 66 valence electrons. The van der Waals surface area contributed by atoms with Crippen molar-refractivity contribution in [2.24, 2.45) is 5.92 Å². The van der Waals surface area contributed by atoms with Crippen LogP contribution in [0.2, 0.25) is 0 Å². The van der Waals surface area contributed by atoms with Crippen LogP contribution in [-0.4, -0.2) is 32.2 Å². The lowest BCUT2D eigenvalue weighted by Gasteiger charge is -2.27. The third-order valence-corrected chi connectivity index (χ3v) is 2.57. The highest BCUT2D eigenvalue weighted by molar-refractivity contribution is 4.70. The highest BCUT2D eigenvalue weighted by Gasteiger charge is 2.16. The first-order chi connectivity index (χ1) is 5.33. The second-order valence-electron chi connectivity index (χ2n) is 3.68. The fourth-order valence-corrected chi connectivity index (χ4v) is 1.53. The Morgan fingerprint density at radius 3 is 2.64 bits per heavy atom. The molecule has 0 saturated heterocycles. The number of rotatable bonds is 5. The summed E-state index contributed by atoms with van der Waals surface area (Å²) in [6.07, 6.45) is 5.83. The van der Waals surface area contributed by atoms with Crippen molar-refractivity contribution in [3.8, 4) is 0 Å². The van der Waals surface area contributed by atoms with Crippen LogP contribution in [0.25, 0.3) is 0 Å². The number of nitrogens with zero attached hydrogens (tertiary/aromatic N) is 1. The summed E-state index contributed by atoms with van der Waals surface area (Å²) in [5, 5.41) is 3.15. The third-order valence-electron chi connectivity index (χ3n) is 2.57. The van der Waals surface area contributed by atoms with E-state index in [1.165, 1.54) is 32.2 Å². The summed E-state index contributed by atoms with van der Waals surface area (Å²) < 4.78 is 0. The van der Waals surface area contributed by atoms with Crippen LogP contribution in [0.3, 0.4) is 0 Å². The van der Waals surface area contributed by atoms with Gasteiger partial charge >= 0.3 is 0 Å². The Morgan fingerprint density at radius 2 is 2.18 bits per heavy atom. The van der Waals surface area contributed by atoms with Gasteiger partial charge in [-0.3, -0.25) is 4.90 Å². The molecule has 0 atom stereocenters. The van der Waals surface area contributed by atoms with E-state index in [0.717, 1.165) is 12.6 Å². The van der Waals surface area contributed by atoms with Crippen molar-refractivity contribution < 1.29 is 0 Å². The van der Waals surface area contributed by atoms with Crippen LogP contribution in [0.15, 0.2) is 0 Å². The van der Waals surface area contributed by atoms with Crippen molar-refractivity contribution in [2.75, 3.05) is 27.3 Å². The highest BCUT2D eigenvalue weighted by Crippen LogP contribution is 2.29. The fourth-order valence-electron chi connectivity index (χ4n) is 1.53. The van der Waals surface area contributed by atoms with Crippen LogP contribution in [0.1, 0.15) is 25.7 Å². The van der Waals surface area contributed by atoms with Gasteiger partial charge in [-0.1, -0.05) is 19.3 Å². The van der Waals surface area contributed by atoms with E-state index in [-0.39, 0.29) is 0 Å². The lowest BCUT2D eigenvalue weighted by Crippen LogP contribution is -2.31. The standard InChI is InChI=1S/C9H20N2/c1-10-8-11(2)7-6-9-4-3-5-9/h9-10H,3-8H2,1-2H3. The largest absolute Gasteiger partial charge is 0.307 e. The summed E-state index contributed by atoms with van der Waals surface area (Å²) in [5.74, 6) is 1.05. The number of hydrogen-bond donors (Lipinski definition) is 1. The van der Waals surface area contributed by atoms with E-state index in [9.17, 15) is 0 Å². The van der Waals surface area contributed by atoms with Crippen molar-refractivity contribution >= 4 is 0 Å². The second-order valence-corrected chi connectivity index (χ2v) is 3.68. The van der Waals surface area contributed by atoms with Gasteiger partial charge in [0.25, 0.3) is 0 Å². The Morgan fingerprint density at radius 1 is 1.45 bits per heavy atom. The second kappa shape index (κ2) is 4.73. The van der Waals surface area contributed by atoms with E-state index >= 15 is 0 Å². The van der Waals surface area contributed by atoms with Crippen molar-refractivity contribution in [1.82, 2.24) is 10.2 Å². The quantitative estimate of drug-likeness (QED) is 0.603. The Bertz CT molecular complexity index is 99.7. The average molecular weight is 156 g/mol. The van der Waals surface area contributed by atoms with Crippen molar-refractivity contribution in [2.45, 2.75) is 25.7 Å². The van der Waals surface area contributed by atoms with Gasteiger partial charge in [0, 0.05) is 6.67 Å². The Hall–Kier alpha value is -0.0800. The maximum absolute atomic E-state index is 3.15. The molecule has 1 aliphatic carbocycles. The van der Waals surface area contributed by atoms with Crippen molar-refractivity contribution in [3.63, 3.8) is 0 Å². The molecule has 0 aliphatic heterocycles. The minimum absolute atomic E-state index is 1.02. The summed E-state index contributed by atoms with van der Waals surface area (Å²) in [6.45, 7) is 2.28. The van der Waals surface area contributed by atoms with Gasteiger partial charge in [0.05, 0.1) is 0 Å². The highest BCUT2D eigenvalue weighted by atomic mass is 15.2. The van der Waals surface area contributed by atoms with Crippen LogP contribution in [0.5, 0.6) is 0 Å². The van der Waals surface area contributed by atoms with Crippen LogP contribution >= 0.6 is 0 Å². The molecule has 1 rings (SSSR count). The van der Waals surface area contributed by atoms with Crippen LogP contribution in [0.4, 0.5) is 0 Å². The van der Waals surface area contributed by atoms with Crippen molar-refractivity contribution in [3.05, 3.63) is 0 Å². The molecule has 0 spiro atoms. The van der Waals surface area contributed by atoms with Crippen LogP contribution in [0, 0.1) is 5.92 Å². The van der Waals surface area contributed by atoms with Gasteiger partial charge in [-0.15, -0.1) is 0 Å². The topological polar surface area (TPSA) is 15.3 Å². The molecule has 0 aromatic heterocycles. The predicted octanol–water partition coefficient (Wildman–Crippen LogP) is 1.29. The van der Waals surface area contributed by atoms with Gasteiger partial charge < -0.3 is 5.32 Å². The molecule has 0 heterocycles. The normalized spacial score (nSPS) is 18.8. The monoisotopic (exact) mass is 156 g/mol. The molecular formula is C9H20N2. The lowest BCUT2D eigenvalue weighted by atomic mass is 9.83. The van der Waals surface area contributed by atoms with Gasteiger partial charge in [0.2, 0.25) is 0 Å². The molecule has 0 aromatic carbocycles. The molecule has 1 aliphatic rings. The maximum atomic E-state index is 3.15. The molecule has 2 heteroatoms. The molecular weight excluding hydrogens is 136 g/mol. The summed E-state index contributed by atoms with van der Waals surface area (Å²) in [7, 11) is 4.18. The molecule has 0 radical (unpaired) electrons. The molecule has 1 fully saturated rings. The summed E-state index contributed by atoms with van der Waals surface area (Å²) in [5.41, 5.74) is 0. The molecule has 0 bridgehead atoms. The molecule has 0 amide bonds. The van der Waals surface area contributed by atoms with E-state index < -0.39 is 0 Å². The Balaban J connectivity index is 1.92. The summed E-state index contributed by atoms with van der Waals surface area (Å²) >= 11 is 0. The zero-order valence-electron chi connectivity index (χ0n) is 7.77. The average Bonchev–Trinajstić information content (AvgIpc) is 1.85. The SMILES string of the molecule is CNCN(C)CCC1CCC1. The van der Waals surface area contributed by atoms with Gasteiger partial charge in [-0.25, -0.2) is 0 Å². The zero-order valence-corrected chi connectivity index (χ0v) is 7.77. The zero-order chi connectivity index (χ0) is 8.10. The third kappa shape index (κ3) is 3.21. The van der Waals surface area contributed by atoms with E-state index in [4.69, 9.17) is 0 Å². The van der Waals surface area contributed by atoms with Gasteiger partial charge in [0.1, 0.15) is 0 Å². The van der Waals surface area contributed by atoms with E-state index in [0.29, 0.717) is 0 Å².